The second kappa shape index (κ2) is 10.8. The Morgan fingerprint density at radius 3 is 2.45 bits per heavy atom. The molecule has 0 spiro atoms. The maximum atomic E-state index is 13.2. The van der Waals surface area contributed by atoms with E-state index in [0.29, 0.717) is 41.2 Å². The highest BCUT2D eigenvalue weighted by molar-refractivity contribution is 8.00. The van der Waals surface area contributed by atoms with Crippen molar-refractivity contribution in [3.8, 4) is 0 Å². The third-order valence-electron chi connectivity index (χ3n) is 4.94. The Balaban J connectivity index is 2.38. The van der Waals surface area contributed by atoms with Crippen molar-refractivity contribution in [2.75, 3.05) is 13.1 Å². The summed E-state index contributed by atoms with van der Waals surface area (Å²) in [6.45, 7) is 14.5. The first-order valence-electron chi connectivity index (χ1n) is 10.5. The molecule has 1 amide bonds. The summed E-state index contributed by atoms with van der Waals surface area (Å²) < 4.78 is 1.73. The Kier molecular flexibility index (Phi) is 8.71. The summed E-state index contributed by atoms with van der Waals surface area (Å²) in [5, 5.41) is 3.80. The molecule has 0 saturated heterocycles. The molecule has 6 nitrogen and oxygen atoms in total. The van der Waals surface area contributed by atoms with Crippen molar-refractivity contribution in [3.63, 3.8) is 0 Å². The maximum Gasteiger partial charge on any atom is 0.262 e. The van der Waals surface area contributed by atoms with Crippen LogP contribution < -0.4 is 10.9 Å². The van der Waals surface area contributed by atoms with Crippen molar-refractivity contribution in [2.45, 2.75) is 77.0 Å². The Morgan fingerprint density at radius 2 is 1.83 bits per heavy atom. The van der Waals surface area contributed by atoms with Crippen molar-refractivity contribution in [1.29, 1.82) is 0 Å². The lowest BCUT2D eigenvalue weighted by Gasteiger charge is -2.31. The van der Waals surface area contributed by atoms with E-state index >= 15 is 0 Å². The van der Waals surface area contributed by atoms with Crippen molar-refractivity contribution in [2.24, 2.45) is 0 Å². The SMILES string of the molecule is CCCNC(=O)C(C)Sc1nc2ccccc2c(=O)n1CCN(C(C)C)C(C)C. The molecule has 0 saturated carbocycles. The molecular weight excluding hydrogens is 384 g/mol. The Morgan fingerprint density at radius 1 is 1.17 bits per heavy atom. The molecule has 29 heavy (non-hydrogen) atoms. The average Bonchev–Trinajstić information content (AvgIpc) is 2.67. The molecule has 0 fully saturated rings. The quantitative estimate of drug-likeness (QED) is 0.472. The summed E-state index contributed by atoms with van der Waals surface area (Å²) in [7, 11) is 0. The van der Waals surface area contributed by atoms with E-state index in [1.165, 1.54) is 11.8 Å². The van der Waals surface area contributed by atoms with Gasteiger partial charge in [0.25, 0.3) is 5.56 Å². The zero-order valence-corrected chi connectivity index (χ0v) is 19.3. The number of nitrogens with one attached hydrogen (secondary N) is 1. The lowest BCUT2D eigenvalue weighted by atomic mass is 10.2. The first-order chi connectivity index (χ1) is 13.8. The van der Waals surface area contributed by atoms with Crippen molar-refractivity contribution >= 4 is 28.6 Å². The summed E-state index contributed by atoms with van der Waals surface area (Å²) in [6.07, 6.45) is 0.891. The van der Waals surface area contributed by atoms with Crippen LogP contribution in [0, 0.1) is 0 Å². The van der Waals surface area contributed by atoms with E-state index in [9.17, 15) is 9.59 Å². The van der Waals surface area contributed by atoms with Crippen LogP contribution in [-0.4, -0.2) is 50.8 Å². The highest BCUT2D eigenvalue weighted by Gasteiger charge is 2.20. The highest BCUT2D eigenvalue weighted by atomic mass is 32.2. The molecule has 0 radical (unpaired) electrons. The Labute approximate surface area is 178 Å². The molecule has 7 heteroatoms. The van der Waals surface area contributed by atoms with Crippen molar-refractivity contribution < 1.29 is 4.79 Å². The molecule has 1 heterocycles. The third kappa shape index (κ3) is 6.06. The number of hydrogen-bond donors (Lipinski definition) is 1. The van der Waals surface area contributed by atoms with Crippen LogP contribution in [0.1, 0.15) is 48.0 Å². The molecule has 160 valence electrons. The van der Waals surface area contributed by atoms with Crippen molar-refractivity contribution in [1.82, 2.24) is 19.8 Å². The molecule has 0 bridgehead atoms. The predicted octanol–water partition coefficient (Wildman–Crippen LogP) is 3.52. The van der Waals surface area contributed by atoms with E-state index in [4.69, 9.17) is 4.98 Å². The lowest BCUT2D eigenvalue weighted by molar-refractivity contribution is -0.120. The number of amides is 1. The molecule has 1 N–H and O–H groups in total. The zero-order valence-electron chi connectivity index (χ0n) is 18.4. The topological polar surface area (TPSA) is 67.2 Å². The second-order valence-corrected chi connectivity index (χ2v) is 9.15. The van der Waals surface area contributed by atoms with E-state index in [1.54, 1.807) is 4.57 Å². The molecule has 1 aromatic carbocycles. The minimum atomic E-state index is -0.327. The molecule has 2 rings (SSSR count). The zero-order chi connectivity index (χ0) is 21.6. The predicted molar refractivity (Wildman–Crippen MR) is 122 cm³/mol. The van der Waals surface area contributed by atoms with Crippen LogP contribution in [0.2, 0.25) is 0 Å². The van der Waals surface area contributed by atoms with Gasteiger partial charge in [-0.25, -0.2) is 4.98 Å². The number of rotatable bonds is 10. The number of thioether (sulfide) groups is 1. The Bertz CT molecular complexity index is 871. The van der Waals surface area contributed by atoms with Gasteiger partial charge in [0.05, 0.1) is 16.2 Å². The van der Waals surface area contributed by atoms with Crippen LogP contribution in [0.5, 0.6) is 0 Å². The monoisotopic (exact) mass is 418 g/mol. The number of carbonyl (C=O) groups excluding carboxylic acids is 1. The van der Waals surface area contributed by atoms with Gasteiger partial charge in [-0.2, -0.15) is 0 Å². The molecule has 1 unspecified atom stereocenters. The summed E-state index contributed by atoms with van der Waals surface area (Å²) in [5.41, 5.74) is 0.619. The number of nitrogens with zero attached hydrogens (tertiary/aromatic N) is 3. The molecule has 1 aromatic heterocycles. The number of benzene rings is 1. The van der Waals surface area contributed by atoms with Crippen molar-refractivity contribution in [3.05, 3.63) is 34.6 Å². The fourth-order valence-electron chi connectivity index (χ4n) is 3.37. The summed E-state index contributed by atoms with van der Waals surface area (Å²) >= 11 is 1.35. The van der Waals surface area contributed by atoms with Gasteiger partial charge in [-0.15, -0.1) is 0 Å². The smallest absolute Gasteiger partial charge is 0.262 e. The highest BCUT2D eigenvalue weighted by Crippen LogP contribution is 2.23. The van der Waals surface area contributed by atoms with E-state index < -0.39 is 0 Å². The average molecular weight is 419 g/mol. The summed E-state index contributed by atoms with van der Waals surface area (Å²) in [6, 6.07) is 8.17. The standard InChI is InChI=1S/C22H34N4O2S/c1-7-12-23-20(27)17(6)29-22-24-19-11-9-8-10-18(19)21(28)26(22)14-13-25(15(2)3)16(4)5/h8-11,15-17H,7,12-14H2,1-6H3,(H,23,27). The van der Waals surface area contributed by atoms with E-state index in [-0.39, 0.29) is 16.7 Å². The van der Waals surface area contributed by atoms with E-state index in [0.717, 1.165) is 13.0 Å². The van der Waals surface area contributed by atoms with Gasteiger partial charge in [0.15, 0.2) is 5.16 Å². The van der Waals surface area contributed by atoms with Gasteiger partial charge in [-0.05, 0) is 53.2 Å². The third-order valence-corrected chi connectivity index (χ3v) is 6.03. The molecule has 0 aliphatic rings. The maximum absolute atomic E-state index is 13.2. The van der Waals surface area contributed by atoms with Gasteiger partial charge in [-0.1, -0.05) is 30.8 Å². The van der Waals surface area contributed by atoms with Gasteiger partial charge in [0.1, 0.15) is 0 Å². The summed E-state index contributed by atoms with van der Waals surface area (Å²) in [4.78, 5) is 32.7. The number of fused-ring (bicyclic) bond motifs is 1. The normalized spacial score (nSPS) is 12.9. The van der Waals surface area contributed by atoms with Gasteiger partial charge >= 0.3 is 0 Å². The van der Waals surface area contributed by atoms with Gasteiger partial charge in [0.2, 0.25) is 5.91 Å². The van der Waals surface area contributed by atoms with Crippen LogP contribution in [0.4, 0.5) is 0 Å². The van der Waals surface area contributed by atoms with Crippen LogP contribution in [0.3, 0.4) is 0 Å². The molecule has 2 aromatic rings. The largest absolute Gasteiger partial charge is 0.355 e. The number of hydrogen-bond acceptors (Lipinski definition) is 5. The first-order valence-corrected chi connectivity index (χ1v) is 11.3. The summed E-state index contributed by atoms with van der Waals surface area (Å²) in [5.74, 6) is -0.0307. The number of carbonyl (C=O) groups is 1. The lowest BCUT2D eigenvalue weighted by Crippen LogP contribution is -2.41. The molecular formula is C22H34N4O2S. The van der Waals surface area contributed by atoms with Crippen LogP contribution in [0.25, 0.3) is 10.9 Å². The van der Waals surface area contributed by atoms with Crippen LogP contribution in [0.15, 0.2) is 34.2 Å². The minimum Gasteiger partial charge on any atom is -0.355 e. The van der Waals surface area contributed by atoms with E-state index in [2.05, 4.69) is 37.9 Å². The van der Waals surface area contributed by atoms with Gasteiger partial charge < -0.3 is 5.32 Å². The fraction of sp³-hybridized carbons (Fsp3) is 0.591. The van der Waals surface area contributed by atoms with Gasteiger partial charge in [-0.3, -0.25) is 19.1 Å². The Hall–Kier alpha value is -1.86. The minimum absolute atomic E-state index is 0.0307. The van der Waals surface area contributed by atoms with Crippen LogP contribution >= 0.6 is 11.8 Å². The number of para-hydroxylation sites is 1. The second-order valence-electron chi connectivity index (χ2n) is 7.84. The first kappa shape index (κ1) is 23.4. The van der Waals surface area contributed by atoms with E-state index in [1.807, 2.05) is 38.1 Å². The number of aromatic nitrogens is 2. The molecule has 1 atom stereocenters. The fourth-order valence-corrected chi connectivity index (χ4v) is 4.33. The van der Waals surface area contributed by atoms with Gasteiger partial charge in [0, 0.05) is 31.7 Å². The molecule has 0 aliphatic heterocycles. The van der Waals surface area contributed by atoms with Crippen LogP contribution in [-0.2, 0) is 11.3 Å². The molecule has 0 aliphatic carbocycles.